The molecule has 1 heterocycles. The summed E-state index contributed by atoms with van der Waals surface area (Å²) in [7, 11) is 0. The molecule has 1 saturated heterocycles. The highest BCUT2D eigenvalue weighted by Crippen LogP contribution is 2.54. The maximum absolute atomic E-state index is 12.8. The Balaban J connectivity index is 1.76. The molecule has 86 valence electrons. The van der Waals surface area contributed by atoms with Crippen LogP contribution in [0.2, 0.25) is 0 Å². The van der Waals surface area contributed by atoms with Gasteiger partial charge in [-0.2, -0.15) is 5.26 Å². The fourth-order valence-corrected chi connectivity index (χ4v) is 2.78. The van der Waals surface area contributed by atoms with E-state index in [0.717, 1.165) is 5.69 Å². The van der Waals surface area contributed by atoms with Gasteiger partial charge in [0, 0.05) is 24.6 Å². The fraction of sp³-hybridized carbons (Fsp3) is 0.385. The van der Waals surface area contributed by atoms with E-state index in [-0.39, 0.29) is 23.6 Å². The molecule has 4 heteroatoms. The summed E-state index contributed by atoms with van der Waals surface area (Å²) in [6, 6.07) is 8.09. The average Bonchev–Trinajstić information content (AvgIpc) is 2.88. The molecule has 3 atom stereocenters. The van der Waals surface area contributed by atoms with Crippen LogP contribution in [-0.2, 0) is 4.79 Å². The van der Waals surface area contributed by atoms with E-state index in [1.54, 1.807) is 17.0 Å². The minimum absolute atomic E-state index is 0.0275. The summed E-state index contributed by atoms with van der Waals surface area (Å²) >= 11 is 0. The van der Waals surface area contributed by atoms with E-state index in [9.17, 15) is 9.18 Å². The molecule has 17 heavy (non-hydrogen) atoms. The Bertz CT molecular complexity index is 505. The number of nitrogens with zero attached hydrogens (tertiary/aromatic N) is 2. The number of carbonyl (C=O) groups is 1. The first-order chi connectivity index (χ1) is 8.22. The third kappa shape index (κ3) is 1.50. The molecule has 1 aromatic rings. The number of fused-ring (bicyclic) bond motifs is 1. The number of halogens is 1. The Hall–Kier alpha value is -1.89. The maximum Gasteiger partial charge on any atom is 0.230 e. The number of hydrogen-bond acceptors (Lipinski definition) is 2. The molecule has 1 saturated carbocycles. The van der Waals surface area contributed by atoms with Crippen molar-refractivity contribution in [1.82, 2.24) is 0 Å². The van der Waals surface area contributed by atoms with Gasteiger partial charge in [-0.25, -0.2) is 4.39 Å². The molecule has 0 bridgehead atoms. The summed E-state index contributed by atoms with van der Waals surface area (Å²) in [6.45, 7) is 0.668. The molecule has 3 nitrogen and oxygen atoms in total. The third-order valence-corrected chi connectivity index (χ3v) is 3.74. The van der Waals surface area contributed by atoms with Crippen LogP contribution >= 0.6 is 0 Å². The molecule has 1 aliphatic heterocycles. The highest BCUT2D eigenvalue weighted by atomic mass is 19.1. The zero-order chi connectivity index (χ0) is 12.0. The first-order valence-electron chi connectivity index (χ1n) is 5.66. The van der Waals surface area contributed by atoms with Gasteiger partial charge < -0.3 is 4.90 Å². The van der Waals surface area contributed by atoms with Gasteiger partial charge in [-0.1, -0.05) is 0 Å². The van der Waals surface area contributed by atoms with Crippen molar-refractivity contribution in [1.29, 1.82) is 5.26 Å². The van der Waals surface area contributed by atoms with Crippen LogP contribution in [0.25, 0.3) is 0 Å². The molecule has 2 fully saturated rings. The van der Waals surface area contributed by atoms with E-state index in [1.807, 2.05) is 0 Å². The lowest BCUT2D eigenvalue weighted by Gasteiger charge is -2.19. The lowest BCUT2D eigenvalue weighted by molar-refractivity contribution is -0.119. The molecule has 1 aliphatic carbocycles. The maximum atomic E-state index is 12.8. The highest BCUT2D eigenvalue weighted by Gasteiger charge is 2.61. The quantitative estimate of drug-likeness (QED) is 0.779. The Morgan fingerprint density at radius 1 is 1.41 bits per heavy atom. The normalized spacial score (nSPS) is 30.0. The molecule has 0 aromatic heterocycles. The van der Waals surface area contributed by atoms with E-state index >= 15 is 0 Å². The van der Waals surface area contributed by atoms with E-state index in [0.29, 0.717) is 18.9 Å². The first-order valence-corrected chi connectivity index (χ1v) is 5.66. The van der Waals surface area contributed by atoms with Crippen molar-refractivity contribution in [2.45, 2.75) is 6.42 Å². The molecule has 0 radical (unpaired) electrons. The minimum atomic E-state index is -0.298. The van der Waals surface area contributed by atoms with Crippen LogP contribution in [0.1, 0.15) is 6.42 Å². The van der Waals surface area contributed by atoms with Crippen LogP contribution in [0, 0.1) is 34.9 Å². The van der Waals surface area contributed by atoms with Crippen molar-refractivity contribution < 1.29 is 9.18 Å². The van der Waals surface area contributed by atoms with Gasteiger partial charge >= 0.3 is 0 Å². The Kier molecular flexibility index (Phi) is 2.15. The predicted octanol–water partition coefficient (Wildman–Crippen LogP) is 1.95. The second kappa shape index (κ2) is 3.56. The van der Waals surface area contributed by atoms with Gasteiger partial charge in [0.15, 0.2) is 0 Å². The van der Waals surface area contributed by atoms with Crippen molar-refractivity contribution in [3.63, 3.8) is 0 Å². The number of nitriles is 1. The van der Waals surface area contributed by atoms with Gasteiger partial charge in [-0.15, -0.1) is 0 Å². The van der Waals surface area contributed by atoms with Crippen molar-refractivity contribution in [2.75, 3.05) is 11.4 Å². The molecular formula is C13H11FN2O. The zero-order valence-corrected chi connectivity index (χ0v) is 9.14. The van der Waals surface area contributed by atoms with Gasteiger partial charge in [0.2, 0.25) is 5.91 Å². The van der Waals surface area contributed by atoms with Crippen molar-refractivity contribution >= 4 is 11.6 Å². The van der Waals surface area contributed by atoms with Gasteiger partial charge in [-0.05, 0) is 36.1 Å². The fourth-order valence-electron chi connectivity index (χ4n) is 2.78. The van der Waals surface area contributed by atoms with Crippen molar-refractivity contribution in [3.05, 3.63) is 30.1 Å². The number of piperidine rings is 1. The summed E-state index contributed by atoms with van der Waals surface area (Å²) in [6.07, 6.45) is 0.471. The second-order valence-electron chi connectivity index (χ2n) is 4.64. The molecule has 1 amide bonds. The molecule has 1 aromatic carbocycles. The van der Waals surface area contributed by atoms with Crippen LogP contribution in [-0.4, -0.2) is 12.5 Å². The monoisotopic (exact) mass is 230 g/mol. The highest BCUT2D eigenvalue weighted by molar-refractivity contribution is 6.00. The Labute approximate surface area is 98.5 Å². The number of anilines is 1. The number of rotatable bonds is 2. The van der Waals surface area contributed by atoms with Crippen LogP contribution in [0.5, 0.6) is 0 Å². The van der Waals surface area contributed by atoms with Crippen LogP contribution in [0.4, 0.5) is 10.1 Å². The predicted molar refractivity (Wildman–Crippen MR) is 59.5 cm³/mol. The molecule has 2 aliphatic rings. The van der Waals surface area contributed by atoms with Crippen LogP contribution < -0.4 is 4.90 Å². The lowest BCUT2D eigenvalue weighted by Crippen LogP contribution is -2.29. The van der Waals surface area contributed by atoms with E-state index in [4.69, 9.17) is 5.26 Å². The van der Waals surface area contributed by atoms with Gasteiger partial charge in [0.05, 0.1) is 6.07 Å². The number of carbonyl (C=O) groups excluding carboxylic acids is 1. The SMILES string of the molecule is N#CC[C@@H]1[C@H]2CN(c3ccc(F)cc3)C(=O)[C@@H]12. The molecule has 0 unspecified atom stereocenters. The summed E-state index contributed by atoms with van der Waals surface area (Å²) in [5.41, 5.74) is 0.749. The summed E-state index contributed by atoms with van der Waals surface area (Å²) < 4.78 is 12.8. The topological polar surface area (TPSA) is 44.1 Å². The largest absolute Gasteiger partial charge is 0.312 e. The molecule has 0 N–H and O–H groups in total. The first kappa shape index (κ1) is 10.3. The average molecular weight is 230 g/mol. The van der Waals surface area contributed by atoms with E-state index < -0.39 is 0 Å². The smallest absolute Gasteiger partial charge is 0.230 e. The van der Waals surface area contributed by atoms with Crippen LogP contribution in [0.3, 0.4) is 0 Å². The Morgan fingerprint density at radius 3 is 2.65 bits per heavy atom. The number of hydrogen-bond donors (Lipinski definition) is 0. The van der Waals surface area contributed by atoms with E-state index in [1.165, 1.54) is 12.1 Å². The summed E-state index contributed by atoms with van der Waals surface area (Å²) in [5.74, 6) is 0.394. The molecule has 3 rings (SSSR count). The zero-order valence-electron chi connectivity index (χ0n) is 9.14. The standard InChI is InChI=1S/C13H11FN2O/c14-8-1-3-9(4-2-8)16-7-11-10(5-6-15)12(11)13(16)17/h1-4,10-12H,5,7H2/t10-,11-,12+/m1/s1. The number of benzene rings is 1. The van der Waals surface area contributed by atoms with Crippen LogP contribution in [0.15, 0.2) is 24.3 Å². The van der Waals surface area contributed by atoms with Gasteiger partial charge in [0.1, 0.15) is 5.82 Å². The molecule has 0 spiro atoms. The van der Waals surface area contributed by atoms with E-state index in [2.05, 4.69) is 6.07 Å². The molecular weight excluding hydrogens is 219 g/mol. The second-order valence-corrected chi connectivity index (χ2v) is 4.64. The Morgan fingerprint density at radius 2 is 2.12 bits per heavy atom. The van der Waals surface area contributed by atoms with Crippen molar-refractivity contribution in [2.24, 2.45) is 17.8 Å². The minimum Gasteiger partial charge on any atom is -0.312 e. The van der Waals surface area contributed by atoms with Gasteiger partial charge in [0.25, 0.3) is 0 Å². The third-order valence-electron chi connectivity index (χ3n) is 3.74. The number of amides is 1. The lowest BCUT2D eigenvalue weighted by atomic mass is 10.2. The van der Waals surface area contributed by atoms with Crippen molar-refractivity contribution in [3.8, 4) is 6.07 Å². The van der Waals surface area contributed by atoms with Gasteiger partial charge in [-0.3, -0.25) is 4.79 Å². The summed E-state index contributed by atoms with van der Waals surface area (Å²) in [5, 5.41) is 8.61. The summed E-state index contributed by atoms with van der Waals surface area (Å²) in [4.78, 5) is 13.7.